The molecule has 0 saturated heterocycles. The first kappa shape index (κ1) is 105. The number of carbonyl (C=O) groups excluding carboxylic acids is 9. The Morgan fingerprint density at radius 1 is 0.264 bits per heavy atom. The summed E-state index contributed by atoms with van der Waals surface area (Å²) in [5.74, 6) is -6.52. The van der Waals surface area contributed by atoms with Gasteiger partial charge in [0.1, 0.15) is 53.3 Å². The highest BCUT2D eigenvalue weighted by Crippen LogP contribution is 2.12. The van der Waals surface area contributed by atoms with Crippen molar-refractivity contribution in [3.05, 3.63) is 0 Å². The lowest BCUT2D eigenvalue weighted by Crippen LogP contribution is -2.40. The molecule has 0 rings (SSSR count). The van der Waals surface area contributed by atoms with Crippen LogP contribution in [0.4, 0.5) is 0 Å². The number of nitrogens with one attached hydrogen (secondary N) is 5. The summed E-state index contributed by atoms with van der Waals surface area (Å²) in [4.78, 5) is 171. The summed E-state index contributed by atoms with van der Waals surface area (Å²) in [5.41, 5.74) is 46.7. The lowest BCUT2D eigenvalue weighted by molar-refractivity contribution is -0.142. The average Bonchev–Trinajstić information content (AvgIpc) is 0.991. The van der Waals surface area contributed by atoms with Gasteiger partial charge in [-0.1, -0.05) is 64.7 Å². The number of hydrogen-bond donors (Lipinski definition) is 19. The van der Waals surface area contributed by atoms with Gasteiger partial charge in [0.2, 0.25) is 29.5 Å². The smallest absolute Gasteiger partial charge is 0.326 e. The summed E-state index contributed by atoms with van der Waals surface area (Å²) in [5, 5.41) is 57.6. The zero-order valence-corrected chi connectivity index (χ0v) is 63.3. The van der Waals surface area contributed by atoms with Crippen LogP contribution in [0, 0.1) is 0 Å². The zero-order chi connectivity index (χ0) is 81.6. The van der Waals surface area contributed by atoms with E-state index in [4.69, 9.17) is 77.1 Å². The van der Waals surface area contributed by atoms with E-state index in [0.717, 1.165) is 96.3 Å². The first-order chi connectivity index (χ1) is 49.9. The van der Waals surface area contributed by atoms with Gasteiger partial charge in [0.15, 0.2) is 23.8 Å². The minimum absolute atomic E-state index is 0.00693. The summed E-state index contributed by atoms with van der Waals surface area (Å²) >= 11 is 0. The van der Waals surface area contributed by atoms with E-state index < -0.39 is 66.0 Å². The average molecular weight is 1520 g/mol. The number of ketones is 4. The third-order valence-corrected chi connectivity index (χ3v) is 14.9. The van der Waals surface area contributed by atoms with Crippen LogP contribution in [0.5, 0.6) is 0 Å². The van der Waals surface area contributed by atoms with E-state index in [0.29, 0.717) is 129 Å². The SMILES string of the molecule is CC(=O)CCC(=O)N[C@@H](CCCN=C(N)N)C(=O)O.CC(=O)CCCCC(=O)N[C@@H](CCCN=C(N)N)C(=O)O.CC(=O)CCCCCCC(=O)N[C@@H](CCCCN)C(=O)O.CC(=O)CCCCCCCCC(=O)N[C@@H](CCCN=C(N)N)C(=O)O.CCCCCCC(=O)N[C@@H](CCCN=C(N)N)C(=O)O. The molecule has 5 atom stereocenters. The van der Waals surface area contributed by atoms with Gasteiger partial charge in [-0.05, 0) is 150 Å². The summed E-state index contributed by atoms with van der Waals surface area (Å²) < 4.78 is 0. The summed E-state index contributed by atoms with van der Waals surface area (Å²) in [6.07, 6.45) is 22.1. The second-order valence-electron chi connectivity index (χ2n) is 25.2. The Bertz CT molecular complexity index is 2680. The maximum absolute atomic E-state index is 11.8. The van der Waals surface area contributed by atoms with Gasteiger partial charge < -0.3 is 123 Å². The molecule has 0 saturated carbocycles. The van der Waals surface area contributed by atoms with Crippen LogP contribution in [0.3, 0.4) is 0 Å². The van der Waals surface area contributed by atoms with Gasteiger partial charge in [0.05, 0.1) is 0 Å². The number of rotatable bonds is 59. The molecular weight excluding hydrogens is 1380 g/mol. The Morgan fingerprint density at radius 3 is 0.679 bits per heavy atom. The van der Waals surface area contributed by atoms with Crippen LogP contribution in [-0.2, 0) is 67.1 Å². The molecule has 0 aliphatic carbocycles. The molecule has 0 heterocycles. The van der Waals surface area contributed by atoms with Crippen LogP contribution in [-0.4, -0.2) is 195 Å². The topological polar surface area (TPSA) is 684 Å². The minimum atomic E-state index is -1.12. The fourth-order valence-corrected chi connectivity index (χ4v) is 9.17. The molecular formula is C69H130N18O19. The molecule has 5 amide bonds. The molecule has 0 aliphatic rings. The molecule has 0 unspecified atom stereocenters. The van der Waals surface area contributed by atoms with Crippen molar-refractivity contribution >= 4 is 106 Å². The van der Waals surface area contributed by atoms with Crippen molar-refractivity contribution in [1.29, 1.82) is 0 Å². The number of unbranched alkanes of at least 4 members (excludes halogenated alkanes) is 13. The van der Waals surface area contributed by atoms with E-state index in [-0.39, 0.29) is 109 Å². The Morgan fingerprint density at radius 2 is 0.462 bits per heavy atom. The highest BCUT2D eigenvalue weighted by molar-refractivity contribution is 5.88. The van der Waals surface area contributed by atoms with E-state index in [1.54, 1.807) is 13.8 Å². The lowest BCUT2D eigenvalue weighted by atomic mass is 10.1. The highest BCUT2D eigenvalue weighted by atomic mass is 16.4. The number of aliphatic carboxylic acids is 5. The van der Waals surface area contributed by atoms with Crippen LogP contribution >= 0.6 is 0 Å². The number of hydrogen-bond acceptors (Lipinski definition) is 19. The van der Waals surface area contributed by atoms with Gasteiger partial charge >= 0.3 is 29.8 Å². The number of guanidine groups is 4. The van der Waals surface area contributed by atoms with Crippen molar-refractivity contribution in [1.82, 2.24) is 26.6 Å². The molecule has 0 fully saturated rings. The molecule has 0 aliphatic heterocycles. The number of nitrogens with two attached hydrogens (primary N) is 9. The van der Waals surface area contributed by atoms with Crippen molar-refractivity contribution < 1.29 is 92.7 Å². The Balaban J connectivity index is -0.000000402. The second-order valence-corrected chi connectivity index (χ2v) is 25.2. The van der Waals surface area contributed by atoms with Crippen LogP contribution in [0.2, 0.25) is 0 Å². The maximum atomic E-state index is 11.8. The third kappa shape index (κ3) is 80.1. The Labute approximate surface area is 623 Å². The molecule has 0 spiro atoms. The van der Waals surface area contributed by atoms with E-state index >= 15 is 0 Å². The summed E-state index contributed by atoms with van der Waals surface area (Å²) in [6, 6.07) is -4.54. The molecule has 106 heavy (non-hydrogen) atoms. The summed E-state index contributed by atoms with van der Waals surface area (Å²) in [6.45, 7) is 9.99. The first-order valence-corrected chi connectivity index (χ1v) is 36.4. The van der Waals surface area contributed by atoms with E-state index in [1.165, 1.54) is 13.8 Å². The number of aliphatic imine (C=N–C) groups is 4. The number of carboxylic acids is 5. The quantitative estimate of drug-likeness (QED) is 0.0236. The Hall–Kier alpha value is -9.58. The molecule has 0 bridgehead atoms. The normalized spacial score (nSPS) is 11.6. The largest absolute Gasteiger partial charge is 0.480 e. The van der Waals surface area contributed by atoms with Gasteiger partial charge in [-0.3, -0.25) is 43.9 Å². The van der Waals surface area contributed by atoms with Gasteiger partial charge in [0.25, 0.3) is 0 Å². The van der Waals surface area contributed by atoms with Gasteiger partial charge in [-0.25, -0.2) is 24.0 Å². The molecule has 37 nitrogen and oxygen atoms in total. The molecule has 0 radical (unpaired) electrons. The standard InChI is InChI=1S/C17H32N4O4.C15H28N2O4.C13H24N4O4.C13H26N4O3.C11H20N4O4/c1-13(22)9-6-4-2-3-5-7-11-15(23)21-14(16(24)25)10-8-12-20-17(18)19;1-12(18)8-4-2-3-5-10-14(19)17-13(15(20)21)9-6-7-11-16;1-9(18)5-2-3-7-11(19)17-10(12(20)21)6-4-8-16-13(14)15;1-2-3-4-5-8-11(18)17-10(12(19)20)7-6-9-16-13(14)15;1-7(16)4-5-9(17)15-8(10(18)19)3-2-6-14-11(12)13/h14H,2-12H2,1H3,(H,21,23)(H,24,25)(H4,18,19,20);13H,2-11,16H2,1H3,(H,17,19)(H,20,21);10H,2-8H2,1H3,(H,17,19)(H,20,21)(H4,14,15,16);10H,2-9H2,1H3,(H,17,18)(H,19,20)(H4,14,15,16);8H,2-6H2,1H3,(H,15,17)(H,18,19)(H4,12,13,14)/t14-;13-;2*10-;8-/m00000/s1. The van der Waals surface area contributed by atoms with Gasteiger partial charge in [0, 0.05) is 84.0 Å². The molecule has 37 heteroatoms. The molecule has 0 aromatic rings. The third-order valence-electron chi connectivity index (χ3n) is 14.9. The van der Waals surface area contributed by atoms with Crippen molar-refractivity contribution in [3.63, 3.8) is 0 Å². The molecule has 0 aromatic carbocycles. The monoisotopic (exact) mass is 1510 g/mol. The number of carboxylic acid groups (broad SMARTS) is 5. The van der Waals surface area contributed by atoms with Crippen molar-refractivity contribution in [3.8, 4) is 0 Å². The zero-order valence-electron chi connectivity index (χ0n) is 63.3. The molecule has 610 valence electrons. The fraction of sp³-hybridized carbons (Fsp3) is 0.739. The summed E-state index contributed by atoms with van der Waals surface area (Å²) in [7, 11) is 0. The number of carbonyl (C=O) groups is 14. The van der Waals surface area contributed by atoms with Crippen LogP contribution in [0.25, 0.3) is 0 Å². The Kier molecular flexibility index (Phi) is 70.4. The van der Waals surface area contributed by atoms with Gasteiger partial charge in [-0.15, -0.1) is 0 Å². The number of Topliss-reactive ketones (excluding diaryl/α,β-unsaturated/α-hetero) is 4. The van der Waals surface area contributed by atoms with Crippen molar-refractivity contribution in [2.24, 2.45) is 71.6 Å². The fourth-order valence-electron chi connectivity index (χ4n) is 9.17. The van der Waals surface area contributed by atoms with E-state index in [2.05, 4.69) is 53.5 Å². The van der Waals surface area contributed by atoms with Gasteiger partial charge in [-0.2, -0.15) is 0 Å². The van der Waals surface area contributed by atoms with E-state index in [1.807, 2.05) is 0 Å². The second kappa shape index (κ2) is 71.1. The molecule has 28 N–H and O–H groups in total. The lowest BCUT2D eigenvalue weighted by Gasteiger charge is -2.14. The van der Waals surface area contributed by atoms with E-state index in [9.17, 15) is 67.1 Å². The van der Waals surface area contributed by atoms with Crippen molar-refractivity contribution in [2.45, 2.75) is 296 Å². The highest BCUT2D eigenvalue weighted by Gasteiger charge is 2.24. The van der Waals surface area contributed by atoms with Crippen LogP contribution in [0.1, 0.15) is 266 Å². The maximum Gasteiger partial charge on any atom is 0.326 e. The first-order valence-electron chi connectivity index (χ1n) is 36.4. The van der Waals surface area contributed by atoms with Crippen LogP contribution < -0.4 is 78.2 Å². The van der Waals surface area contributed by atoms with Crippen LogP contribution in [0.15, 0.2) is 20.0 Å². The predicted octanol–water partition coefficient (Wildman–Crippen LogP) is 2.25. The van der Waals surface area contributed by atoms with Crippen molar-refractivity contribution in [2.75, 3.05) is 32.7 Å². The minimum Gasteiger partial charge on any atom is -0.480 e. The predicted molar refractivity (Wildman–Crippen MR) is 404 cm³/mol. The number of amides is 5. The number of nitrogens with zero attached hydrogens (tertiary/aromatic N) is 4. The molecule has 0 aromatic heterocycles.